The van der Waals surface area contributed by atoms with Gasteiger partial charge in [0, 0.05) is 12.1 Å². The molecule has 4 heteroatoms. The number of alkyl halides is 1. The number of benzene rings is 1. The normalized spacial score (nSPS) is 12.6. The summed E-state index contributed by atoms with van der Waals surface area (Å²) in [5.41, 5.74) is 5.54. The molecule has 0 bridgehead atoms. The molecule has 1 aromatic carbocycles. The van der Waals surface area contributed by atoms with Crippen LogP contribution in [0.15, 0.2) is 18.2 Å². The Morgan fingerprint density at radius 1 is 1.62 bits per heavy atom. The molecular formula is C9H11ClFNO. The quantitative estimate of drug-likeness (QED) is 0.819. The van der Waals surface area contributed by atoms with Crippen LogP contribution in [0.2, 0.25) is 5.02 Å². The third-order valence-corrected chi connectivity index (χ3v) is 2.08. The standard InChI is InChI=1S/C9H11ClFNO/c1-13-8-4-2-3-6(10)9(8)7(11)5-12/h2-4,7H,5,12H2,1H3. The van der Waals surface area contributed by atoms with Gasteiger partial charge in [0.1, 0.15) is 11.9 Å². The number of ether oxygens (including phenoxy) is 1. The monoisotopic (exact) mass is 203 g/mol. The lowest BCUT2D eigenvalue weighted by molar-refractivity contribution is 0.331. The van der Waals surface area contributed by atoms with E-state index >= 15 is 0 Å². The van der Waals surface area contributed by atoms with Gasteiger partial charge in [-0.05, 0) is 12.1 Å². The zero-order chi connectivity index (χ0) is 9.84. The first-order valence-electron chi connectivity index (χ1n) is 3.87. The van der Waals surface area contributed by atoms with E-state index in [0.29, 0.717) is 16.3 Å². The van der Waals surface area contributed by atoms with Crippen LogP contribution in [0.5, 0.6) is 5.75 Å². The van der Waals surface area contributed by atoms with Crippen molar-refractivity contribution in [1.82, 2.24) is 0 Å². The van der Waals surface area contributed by atoms with E-state index in [1.807, 2.05) is 0 Å². The van der Waals surface area contributed by atoms with E-state index in [9.17, 15) is 4.39 Å². The lowest BCUT2D eigenvalue weighted by atomic mass is 10.1. The maximum absolute atomic E-state index is 13.3. The first-order chi connectivity index (χ1) is 6.20. The first-order valence-corrected chi connectivity index (χ1v) is 4.25. The molecule has 1 atom stereocenters. The molecule has 1 aromatic rings. The SMILES string of the molecule is COc1cccc(Cl)c1C(F)CN. The van der Waals surface area contributed by atoms with Crippen LogP contribution in [-0.2, 0) is 0 Å². The number of hydrogen-bond donors (Lipinski definition) is 1. The Morgan fingerprint density at radius 2 is 2.31 bits per heavy atom. The smallest absolute Gasteiger partial charge is 0.142 e. The molecule has 2 N–H and O–H groups in total. The molecule has 1 unspecified atom stereocenters. The maximum atomic E-state index is 13.3. The highest BCUT2D eigenvalue weighted by molar-refractivity contribution is 6.31. The van der Waals surface area contributed by atoms with Crippen molar-refractivity contribution >= 4 is 11.6 Å². The summed E-state index contributed by atoms with van der Waals surface area (Å²) in [6, 6.07) is 4.97. The van der Waals surface area contributed by atoms with Gasteiger partial charge in [0.25, 0.3) is 0 Å². The van der Waals surface area contributed by atoms with Gasteiger partial charge in [-0.2, -0.15) is 0 Å². The van der Waals surface area contributed by atoms with Gasteiger partial charge in [-0.25, -0.2) is 4.39 Å². The summed E-state index contributed by atoms with van der Waals surface area (Å²) in [4.78, 5) is 0. The van der Waals surface area contributed by atoms with E-state index in [2.05, 4.69) is 0 Å². The Bertz CT molecular complexity index is 293. The molecule has 0 radical (unpaired) electrons. The van der Waals surface area contributed by atoms with Gasteiger partial charge >= 0.3 is 0 Å². The molecule has 0 aliphatic carbocycles. The van der Waals surface area contributed by atoms with Gasteiger partial charge in [0.2, 0.25) is 0 Å². The topological polar surface area (TPSA) is 35.2 Å². The molecule has 0 saturated heterocycles. The summed E-state index contributed by atoms with van der Waals surface area (Å²) in [6.07, 6.45) is -1.27. The average molecular weight is 204 g/mol. The summed E-state index contributed by atoms with van der Waals surface area (Å²) in [5, 5.41) is 0.345. The number of hydrogen-bond acceptors (Lipinski definition) is 2. The summed E-state index contributed by atoms with van der Waals surface area (Å²) in [7, 11) is 1.47. The van der Waals surface area contributed by atoms with Gasteiger partial charge in [-0.3, -0.25) is 0 Å². The largest absolute Gasteiger partial charge is 0.496 e. The van der Waals surface area contributed by atoms with E-state index in [4.69, 9.17) is 22.1 Å². The Labute approximate surface area is 81.4 Å². The van der Waals surface area contributed by atoms with Gasteiger partial charge < -0.3 is 10.5 Å². The van der Waals surface area contributed by atoms with Crippen LogP contribution in [0.4, 0.5) is 4.39 Å². The predicted octanol–water partition coefficient (Wildman–Crippen LogP) is 2.32. The Balaban J connectivity index is 3.14. The third kappa shape index (κ3) is 2.11. The van der Waals surface area contributed by atoms with Crippen LogP contribution in [0.3, 0.4) is 0 Å². The second-order valence-corrected chi connectivity index (χ2v) is 2.97. The lowest BCUT2D eigenvalue weighted by Crippen LogP contribution is -2.09. The molecule has 2 nitrogen and oxygen atoms in total. The summed E-state index contributed by atoms with van der Waals surface area (Å²) in [5.74, 6) is 0.436. The molecule has 0 aliphatic heterocycles. The first kappa shape index (κ1) is 10.3. The van der Waals surface area contributed by atoms with Crippen LogP contribution in [-0.4, -0.2) is 13.7 Å². The molecule has 72 valence electrons. The Hall–Kier alpha value is -0.800. The highest BCUT2D eigenvalue weighted by Gasteiger charge is 2.16. The Morgan fingerprint density at radius 3 is 2.85 bits per heavy atom. The molecule has 0 fully saturated rings. The van der Waals surface area contributed by atoms with E-state index in [1.54, 1.807) is 18.2 Å². The molecular weight excluding hydrogens is 193 g/mol. The molecule has 0 saturated carbocycles. The van der Waals surface area contributed by atoms with Crippen LogP contribution < -0.4 is 10.5 Å². The Kier molecular flexibility index (Phi) is 3.51. The fourth-order valence-corrected chi connectivity index (χ4v) is 1.40. The summed E-state index contributed by atoms with van der Waals surface area (Å²) < 4.78 is 18.3. The van der Waals surface area contributed by atoms with E-state index in [0.717, 1.165) is 0 Å². The lowest BCUT2D eigenvalue weighted by Gasteiger charge is -2.12. The van der Waals surface area contributed by atoms with E-state index < -0.39 is 6.17 Å². The highest BCUT2D eigenvalue weighted by Crippen LogP contribution is 2.33. The minimum absolute atomic E-state index is 0.0971. The van der Waals surface area contributed by atoms with Crippen molar-refractivity contribution in [3.8, 4) is 5.75 Å². The van der Waals surface area contributed by atoms with Crippen molar-refractivity contribution in [3.05, 3.63) is 28.8 Å². The van der Waals surface area contributed by atoms with Crippen molar-refractivity contribution in [2.45, 2.75) is 6.17 Å². The fourth-order valence-electron chi connectivity index (χ4n) is 1.12. The summed E-state index contributed by atoms with van der Waals surface area (Å²) >= 11 is 5.81. The maximum Gasteiger partial charge on any atom is 0.142 e. The van der Waals surface area contributed by atoms with Crippen molar-refractivity contribution in [3.63, 3.8) is 0 Å². The second-order valence-electron chi connectivity index (χ2n) is 2.56. The molecule has 0 aliphatic rings. The zero-order valence-electron chi connectivity index (χ0n) is 7.26. The molecule has 13 heavy (non-hydrogen) atoms. The predicted molar refractivity (Wildman–Crippen MR) is 50.9 cm³/mol. The zero-order valence-corrected chi connectivity index (χ0v) is 8.01. The van der Waals surface area contributed by atoms with Gasteiger partial charge in [0.05, 0.1) is 12.1 Å². The van der Waals surface area contributed by atoms with Crippen LogP contribution in [0.25, 0.3) is 0 Å². The van der Waals surface area contributed by atoms with E-state index in [-0.39, 0.29) is 6.54 Å². The third-order valence-electron chi connectivity index (χ3n) is 1.75. The minimum Gasteiger partial charge on any atom is -0.496 e. The van der Waals surface area contributed by atoms with Gasteiger partial charge in [-0.1, -0.05) is 17.7 Å². The van der Waals surface area contributed by atoms with Crippen molar-refractivity contribution in [1.29, 1.82) is 0 Å². The number of methoxy groups -OCH3 is 1. The molecule has 0 spiro atoms. The highest BCUT2D eigenvalue weighted by atomic mass is 35.5. The van der Waals surface area contributed by atoms with Crippen molar-refractivity contribution in [2.75, 3.05) is 13.7 Å². The van der Waals surface area contributed by atoms with Crippen LogP contribution in [0, 0.1) is 0 Å². The van der Waals surface area contributed by atoms with E-state index in [1.165, 1.54) is 7.11 Å². The van der Waals surface area contributed by atoms with Crippen LogP contribution in [0.1, 0.15) is 11.7 Å². The summed E-state index contributed by atoms with van der Waals surface area (Å²) in [6.45, 7) is -0.0971. The van der Waals surface area contributed by atoms with Crippen molar-refractivity contribution in [2.24, 2.45) is 5.73 Å². The van der Waals surface area contributed by atoms with Gasteiger partial charge in [-0.15, -0.1) is 0 Å². The van der Waals surface area contributed by atoms with Crippen molar-refractivity contribution < 1.29 is 9.13 Å². The number of halogens is 2. The average Bonchev–Trinajstić information content (AvgIpc) is 2.16. The van der Waals surface area contributed by atoms with Crippen LogP contribution >= 0.6 is 11.6 Å². The number of rotatable bonds is 3. The molecule has 0 heterocycles. The molecule has 1 rings (SSSR count). The molecule has 0 aromatic heterocycles. The minimum atomic E-state index is -1.27. The van der Waals surface area contributed by atoms with Gasteiger partial charge in [0.15, 0.2) is 0 Å². The molecule has 0 amide bonds. The second kappa shape index (κ2) is 4.44. The number of nitrogens with two attached hydrogens (primary N) is 1. The fraction of sp³-hybridized carbons (Fsp3) is 0.333.